The number of likely N-dealkylation sites (tertiary alicyclic amines) is 1. The number of nitrogens with one attached hydrogen (secondary N) is 11. The average Bonchev–Trinajstić information content (AvgIpc) is 4.16. The number of amides is 12. The van der Waals surface area contributed by atoms with Crippen LogP contribution in [-0.2, 0) is 67.2 Å². The van der Waals surface area contributed by atoms with Gasteiger partial charge in [-0.3, -0.25) is 58.4 Å². The molecule has 3 aromatic carbocycles. The van der Waals surface area contributed by atoms with Gasteiger partial charge in [0.15, 0.2) is 5.96 Å². The molecule has 9 atom stereocenters. The van der Waals surface area contributed by atoms with Crippen molar-refractivity contribution in [2.75, 3.05) is 26.7 Å². The van der Waals surface area contributed by atoms with Gasteiger partial charge in [-0.05, 0) is 79.8 Å². The third-order valence-corrected chi connectivity index (χ3v) is 14.4. The highest BCUT2D eigenvalue weighted by atomic mass is 16.3. The molecule has 2 heterocycles. The second kappa shape index (κ2) is 33.8. The Balaban J connectivity index is 1.25. The Hall–Kier alpha value is -9.80. The second-order valence-electron chi connectivity index (χ2n) is 22.0. The molecule has 4 aromatic rings. The van der Waals surface area contributed by atoms with Gasteiger partial charge >= 0.3 is 6.03 Å². The average molecular weight is 1220 g/mol. The van der Waals surface area contributed by atoms with E-state index in [1.54, 1.807) is 62.5 Å². The van der Waals surface area contributed by atoms with Gasteiger partial charge < -0.3 is 79.8 Å². The lowest BCUT2D eigenvalue weighted by Crippen LogP contribution is -2.62. The topological polar surface area (TPSA) is 458 Å². The quantitative estimate of drug-likeness (QED) is 0.0115. The van der Waals surface area contributed by atoms with E-state index in [0.29, 0.717) is 23.1 Å². The number of aliphatic hydroxyl groups is 1. The number of carbonyl (C=O) groups is 11. The Kier molecular flexibility index (Phi) is 26.5. The van der Waals surface area contributed by atoms with Gasteiger partial charge in [-0.1, -0.05) is 74.5 Å². The first-order valence-corrected chi connectivity index (χ1v) is 28.8. The highest BCUT2D eigenvalue weighted by Crippen LogP contribution is 2.22. The van der Waals surface area contributed by atoms with Crippen LogP contribution in [0.4, 0.5) is 4.79 Å². The summed E-state index contributed by atoms with van der Waals surface area (Å²) in [5.41, 5.74) is 24.2. The van der Waals surface area contributed by atoms with E-state index in [2.05, 4.69) is 63.4 Å². The Bertz CT molecular complexity index is 3120. The van der Waals surface area contributed by atoms with Crippen LogP contribution >= 0.6 is 0 Å². The van der Waals surface area contributed by atoms with Crippen molar-refractivity contribution in [3.63, 3.8) is 0 Å². The number of hydrogen-bond donors (Lipinski definition) is 16. The number of phenolic OH excluding ortho intramolecular Hbond substituents is 1. The van der Waals surface area contributed by atoms with Gasteiger partial charge in [0.25, 0.3) is 5.91 Å². The minimum absolute atomic E-state index is 0.0101. The Morgan fingerprint density at radius 1 is 0.670 bits per heavy atom. The molecule has 1 aromatic heterocycles. The fourth-order valence-corrected chi connectivity index (χ4v) is 9.87. The van der Waals surface area contributed by atoms with Gasteiger partial charge in [-0.2, -0.15) is 0 Å². The van der Waals surface area contributed by atoms with Crippen molar-refractivity contribution >= 4 is 82.0 Å². The summed E-state index contributed by atoms with van der Waals surface area (Å²) in [6, 6.07) is 10.8. The number of nitrogens with zero attached hydrogens (tertiary/aromatic N) is 2. The standard InChI is InChI=1S/C59H82N16O13/c1-32(2)25-44(53(83)67-42(18-11-23-64-58(62)63-5)52(82)68-43(50(61)80)28-38-30-65-41-17-10-9-16-40(38)41)71-59(88)74-73-55(85)45(26-35-13-7-6-8-14-35)70-56(86)49(33(3)76)72-54(84)46(29-48(60)79)69-51(81)37-15-12-24-75(31-37)57(87)47(66-34(4)77)27-36-19-21-39(78)22-20-36/h6-10,13-14,16-17,19-22,30,32-33,37,42-47,49,65,76,78H,11-12,15,18,23-29,31H2,1-5H3,(H2,60,79)(H2,61,80)(H,66,77)(H,67,83)(H,68,82)(H,69,81)(H,70,86)(H,72,84)(H,73,85)(H3,62,63,64)(H2,71,74,88)/t33-,37+,42+,43+,44+,45+,46+,47-,49+/m1/s1. The Morgan fingerprint density at radius 2 is 1.30 bits per heavy atom. The molecule has 1 aliphatic rings. The van der Waals surface area contributed by atoms with Crippen molar-refractivity contribution in [2.24, 2.45) is 34.0 Å². The zero-order valence-corrected chi connectivity index (χ0v) is 49.9. The van der Waals surface area contributed by atoms with E-state index < -0.39 is 126 Å². The first-order valence-electron chi connectivity index (χ1n) is 28.8. The molecule has 1 fully saturated rings. The molecule has 0 saturated carbocycles. The number of rotatable bonds is 30. The van der Waals surface area contributed by atoms with E-state index in [1.807, 2.05) is 24.3 Å². The lowest BCUT2D eigenvalue weighted by molar-refractivity contribution is -0.140. The van der Waals surface area contributed by atoms with Crippen molar-refractivity contribution < 1.29 is 63.0 Å². The maximum atomic E-state index is 14.1. The summed E-state index contributed by atoms with van der Waals surface area (Å²) in [5.74, 6) is -9.31. The lowest BCUT2D eigenvalue weighted by Gasteiger charge is -2.35. The summed E-state index contributed by atoms with van der Waals surface area (Å²) in [6.45, 7) is 6.32. The van der Waals surface area contributed by atoms with Crippen LogP contribution in [0.2, 0.25) is 0 Å². The predicted molar refractivity (Wildman–Crippen MR) is 323 cm³/mol. The number of aromatic hydroxyl groups is 1. The van der Waals surface area contributed by atoms with E-state index >= 15 is 0 Å². The molecular formula is C59H82N16O13. The number of nitrogens with two attached hydrogens (primary N) is 3. The molecule has 476 valence electrons. The van der Waals surface area contributed by atoms with Crippen LogP contribution in [0.15, 0.2) is 90.1 Å². The molecule has 0 radical (unpaired) electrons. The molecule has 0 aliphatic carbocycles. The Labute approximate surface area is 508 Å². The molecular weight excluding hydrogens is 1140 g/mol. The number of H-pyrrole nitrogens is 1. The molecule has 88 heavy (non-hydrogen) atoms. The zero-order chi connectivity index (χ0) is 64.6. The summed E-state index contributed by atoms with van der Waals surface area (Å²) < 4.78 is 0. The molecule has 29 nitrogen and oxygen atoms in total. The van der Waals surface area contributed by atoms with E-state index in [-0.39, 0.29) is 82.2 Å². The van der Waals surface area contributed by atoms with Crippen molar-refractivity contribution in [3.8, 4) is 5.75 Å². The van der Waals surface area contributed by atoms with Crippen LogP contribution in [0, 0.1) is 11.8 Å². The number of benzene rings is 3. The molecule has 0 spiro atoms. The number of aromatic nitrogens is 1. The number of hydrazine groups is 1. The maximum Gasteiger partial charge on any atom is 0.334 e. The second-order valence-corrected chi connectivity index (χ2v) is 22.0. The predicted octanol–water partition coefficient (Wildman–Crippen LogP) is -2.13. The number of piperidine rings is 1. The first kappa shape index (κ1) is 69.0. The van der Waals surface area contributed by atoms with Crippen LogP contribution in [-0.4, -0.2) is 166 Å². The van der Waals surface area contributed by atoms with Crippen LogP contribution in [0.5, 0.6) is 5.75 Å². The summed E-state index contributed by atoms with van der Waals surface area (Å²) in [4.78, 5) is 157. The molecule has 29 heteroatoms. The molecule has 5 rings (SSSR count). The number of primary amides is 2. The smallest absolute Gasteiger partial charge is 0.334 e. The van der Waals surface area contributed by atoms with Crippen molar-refractivity contribution in [1.82, 2.24) is 63.3 Å². The van der Waals surface area contributed by atoms with Gasteiger partial charge in [-0.25, -0.2) is 10.2 Å². The van der Waals surface area contributed by atoms with Crippen LogP contribution in [0.25, 0.3) is 10.9 Å². The van der Waals surface area contributed by atoms with Crippen LogP contribution < -0.4 is 70.6 Å². The number of carbonyl (C=O) groups excluding carboxylic acids is 11. The van der Waals surface area contributed by atoms with Crippen molar-refractivity contribution in [3.05, 3.63) is 102 Å². The summed E-state index contributed by atoms with van der Waals surface area (Å²) in [6.07, 6.45) is 0.125. The number of urea groups is 1. The molecule has 0 unspecified atom stereocenters. The van der Waals surface area contributed by atoms with Gasteiger partial charge in [0, 0.05) is 70.0 Å². The normalized spacial score (nSPS) is 15.9. The SMILES string of the molecule is CN=C(N)NCCC[C@H](NC(=O)[C@H](CC(C)C)NC(=O)NNC(=O)[C@H](Cc1ccccc1)NC(=O)[C@@H](NC(=O)[C@H](CC(N)=O)NC(=O)[C@H]1CCCN(C(=O)[C@@H](Cc2ccc(O)cc2)NC(C)=O)C1)[C@@H](C)O)C(=O)N[C@@H](Cc1c[nH]c2ccccc12)C(N)=O. The minimum Gasteiger partial charge on any atom is -0.508 e. The zero-order valence-electron chi connectivity index (χ0n) is 49.9. The highest BCUT2D eigenvalue weighted by Gasteiger charge is 2.37. The molecule has 0 bridgehead atoms. The monoisotopic (exact) mass is 1220 g/mol. The van der Waals surface area contributed by atoms with Crippen LogP contribution in [0.3, 0.4) is 0 Å². The number of fused-ring (bicyclic) bond motifs is 1. The van der Waals surface area contributed by atoms with Crippen molar-refractivity contribution in [1.29, 1.82) is 0 Å². The number of aliphatic hydroxyl groups excluding tert-OH is 1. The van der Waals surface area contributed by atoms with E-state index in [1.165, 1.54) is 31.0 Å². The van der Waals surface area contributed by atoms with Gasteiger partial charge in [0.05, 0.1) is 18.4 Å². The first-order chi connectivity index (χ1) is 41.8. The third-order valence-electron chi connectivity index (χ3n) is 14.4. The van der Waals surface area contributed by atoms with Gasteiger partial charge in [-0.15, -0.1) is 0 Å². The van der Waals surface area contributed by atoms with Gasteiger partial charge in [0.2, 0.25) is 53.2 Å². The molecule has 12 amide bonds. The van der Waals surface area contributed by atoms with Crippen molar-refractivity contribution in [2.45, 2.75) is 134 Å². The number of aromatic amines is 1. The fraction of sp³-hybridized carbons (Fsp3) is 0.458. The largest absolute Gasteiger partial charge is 0.508 e. The number of para-hydroxylation sites is 1. The maximum absolute atomic E-state index is 14.1. The lowest BCUT2D eigenvalue weighted by atomic mass is 9.95. The summed E-state index contributed by atoms with van der Waals surface area (Å²) >= 11 is 0. The van der Waals surface area contributed by atoms with E-state index in [0.717, 1.165) is 17.8 Å². The van der Waals surface area contributed by atoms with E-state index in [9.17, 15) is 63.0 Å². The third kappa shape index (κ3) is 21.9. The summed E-state index contributed by atoms with van der Waals surface area (Å²) in [7, 11) is 1.48. The number of hydrogen-bond acceptors (Lipinski definition) is 14. The molecule has 19 N–H and O–H groups in total. The van der Waals surface area contributed by atoms with E-state index in [4.69, 9.17) is 17.2 Å². The number of aliphatic imine (C=N–C) groups is 1. The highest BCUT2D eigenvalue weighted by molar-refractivity contribution is 5.98. The number of guanidine groups is 1. The fourth-order valence-electron chi connectivity index (χ4n) is 9.87. The van der Waals surface area contributed by atoms with Gasteiger partial charge in [0.1, 0.15) is 48.0 Å². The minimum atomic E-state index is -1.83. The van der Waals surface area contributed by atoms with Crippen LogP contribution in [0.1, 0.15) is 82.9 Å². The number of phenols is 1. The Morgan fingerprint density at radius 3 is 1.94 bits per heavy atom. The summed E-state index contributed by atoms with van der Waals surface area (Å²) in [5, 5.41) is 42.2. The molecule has 1 saturated heterocycles. The molecule has 1 aliphatic heterocycles.